The Morgan fingerprint density at radius 1 is 1.11 bits per heavy atom. The molecule has 0 radical (unpaired) electrons. The minimum atomic E-state index is -1.24. The number of likely N-dealkylation sites (tertiary alicyclic amines) is 1. The first kappa shape index (κ1) is 16.3. The van der Waals surface area contributed by atoms with Gasteiger partial charge in [0.05, 0.1) is 18.8 Å². The van der Waals surface area contributed by atoms with Crippen LogP contribution in [0.15, 0.2) is 0 Å². The van der Waals surface area contributed by atoms with E-state index in [-0.39, 0.29) is 19.6 Å². The molecule has 4 atom stereocenters. The smallest absolute Gasteiger partial charge is 0.303 e. The molecule has 0 aromatic carbocycles. The summed E-state index contributed by atoms with van der Waals surface area (Å²) >= 11 is 0. The number of hydrogen-bond donors (Lipinski definition) is 5. The Labute approximate surface area is 112 Å². The van der Waals surface area contributed by atoms with E-state index in [1.807, 2.05) is 0 Å². The number of aliphatic hydroxyl groups excluding tert-OH is 4. The van der Waals surface area contributed by atoms with Crippen molar-refractivity contribution in [1.82, 2.24) is 4.90 Å². The highest BCUT2D eigenvalue weighted by molar-refractivity contribution is 5.66. The van der Waals surface area contributed by atoms with E-state index in [4.69, 9.17) is 5.11 Å². The second-order valence-electron chi connectivity index (χ2n) is 5.00. The minimum absolute atomic E-state index is 0.132. The number of unbranched alkanes of at least 4 members (excludes halogenated alkanes) is 2. The lowest BCUT2D eigenvalue weighted by Crippen LogP contribution is -2.62. The van der Waals surface area contributed by atoms with Gasteiger partial charge in [0.25, 0.3) is 0 Å². The van der Waals surface area contributed by atoms with Gasteiger partial charge in [-0.25, -0.2) is 0 Å². The van der Waals surface area contributed by atoms with Gasteiger partial charge >= 0.3 is 5.97 Å². The van der Waals surface area contributed by atoms with Gasteiger partial charge < -0.3 is 25.5 Å². The third kappa shape index (κ3) is 4.70. The molecule has 1 rings (SSSR count). The molecule has 112 valence electrons. The van der Waals surface area contributed by atoms with Crippen molar-refractivity contribution < 1.29 is 30.3 Å². The molecule has 0 aromatic heterocycles. The van der Waals surface area contributed by atoms with Crippen LogP contribution in [0.25, 0.3) is 0 Å². The van der Waals surface area contributed by atoms with E-state index in [0.717, 1.165) is 12.8 Å². The first-order valence-electron chi connectivity index (χ1n) is 6.58. The van der Waals surface area contributed by atoms with Crippen LogP contribution < -0.4 is 0 Å². The molecule has 1 heterocycles. The Hall–Kier alpha value is -0.730. The number of piperidine rings is 1. The predicted molar refractivity (Wildman–Crippen MR) is 66.6 cm³/mol. The SMILES string of the molecule is O=C(O)CCCCCN1C[C@H](O)C(O)[C@H](O)C1CO. The lowest BCUT2D eigenvalue weighted by atomic mass is 9.94. The average molecular weight is 277 g/mol. The van der Waals surface area contributed by atoms with E-state index in [1.54, 1.807) is 4.90 Å². The summed E-state index contributed by atoms with van der Waals surface area (Å²) in [6, 6.07) is -0.585. The van der Waals surface area contributed by atoms with E-state index in [1.165, 1.54) is 0 Å². The van der Waals surface area contributed by atoms with Gasteiger partial charge in [-0.3, -0.25) is 9.69 Å². The number of aliphatic hydroxyl groups is 4. The summed E-state index contributed by atoms with van der Waals surface area (Å²) in [6.07, 6.45) is -1.27. The molecule has 0 amide bonds. The molecule has 0 aromatic rings. The lowest BCUT2D eigenvalue weighted by Gasteiger charge is -2.43. The summed E-state index contributed by atoms with van der Waals surface area (Å²) in [4.78, 5) is 12.1. The fourth-order valence-corrected chi connectivity index (χ4v) is 2.40. The third-order valence-electron chi connectivity index (χ3n) is 3.55. The lowest BCUT2D eigenvalue weighted by molar-refractivity contribution is -0.145. The topological polar surface area (TPSA) is 121 Å². The van der Waals surface area contributed by atoms with Gasteiger partial charge in [-0.05, 0) is 19.4 Å². The van der Waals surface area contributed by atoms with E-state index < -0.39 is 30.3 Å². The van der Waals surface area contributed by atoms with Gasteiger partial charge in [-0.2, -0.15) is 0 Å². The fourth-order valence-electron chi connectivity index (χ4n) is 2.40. The van der Waals surface area contributed by atoms with Crippen LogP contribution in [-0.4, -0.2) is 80.5 Å². The normalized spacial score (nSPS) is 32.4. The second-order valence-corrected chi connectivity index (χ2v) is 5.00. The molecule has 1 aliphatic rings. The van der Waals surface area contributed by atoms with Crippen molar-refractivity contribution in [2.45, 2.75) is 50.0 Å². The zero-order valence-electron chi connectivity index (χ0n) is 10.9. The monoisotopic (exact) mass is 277 g/mol. The summed E-state index contributed by atoms with van der Waals surface area (Å²) < 4.78 is 0. The first-order valence-corrected chi connectivity index (χ1v) is 6.58. The van der Waals surface area contributed by atoms with Crippen molar-refractivity contribution >= 4 is 5.97 Å². The maximum absolute atomic E-state index is 10.3. The van der Waals surface area contributed by atoms with Gasteiger partial charge in [0.2, 0.25) is 0 Å². The van der Waals surface area contributed by atoms with Crippen LogP contribution in [0.2, 0.25) is 0 Å². The zero-order valence-corrected chi connectivity index (χ0v) is 10.9. The molecule has 0 spiro atoms. The molecular formula is C12H23NO6. The van der Waals surface area contributed by atoms with Crippen LogP contribution >= 0.6 is 0 Å². The quantitative estimate of drug-likeness (QED) is 0.355. The average Bonchev–Trinajstić information content (AvgIpc) is 2.35. The highest BCUT2D eigenvalue weighted by Gasteiger charge is 2.40. The molecule has 7 nitrogen and oxygen atoms in total. The molecule has 0 saturated carbocycles. The maximum atomic E-state index is 10.3. The van der Waals surface area contributed by atoms with Gasteiger partial charge in [-0.15, -0.1) is 0 Å². The molecule has 2 unspecified atom stereocenters. The van der Waals surface area contributed by atoms with Crippen molar-refractivity contribution in [3.05, 3.63) is 0 Å². The van der Waals surface area contributed by atoms with Gasteiger partial charge in [-0.1, -0.05) is 6.42 Å². The van der Waals surface area contributed by atoms with Crippen LogP contribution in [0.5, 0.6) is 0 Å². The molecule has 1 aliphatic heterocycles. The number of rotatable bonds is 7. The van der Waals surface area contributed by atoms with Crippen LogP contribution in [0.4, 0.5) is 0 Å². The number of carboxylic acid groups (broad SMARTS) is 1. The largest absolute Gasteiger partial charge is 0.481 e. The third-order valence-corrected chi connectivity index (χ3v) is 3.55. The van der Waals surface area contributed by atoms with Gasteiger partial charge in [0.15, 0.2) is 0 Å². The molecular weight excluding hydrogens is 254 g/mol. The summed E-state index contributed by atoms with van der Waals surface area (Å²) in [5.74, 6) is -0.819. The highest BCUT2D eigenvalue weighted by atomic mass is 16.4. The zero-order chi connectivity index (χ0) is 14.4. The number of carboxylic acids is 1. The minimum Gasteiger partial charge on any atom is -0.481 e. The van der Waals surface area contributed by atoms with Crippen molar-refractivity contribution in [2.24, 2.45) is 0 Å². The molecule has 0 bridgehead atoms. The van der Waals surface area contributed by atoms with Gasteiger partial charge in [0.1, 0.15) is 12.2 Å². The Kier molecular flexibility index (Phi) is 6.67. The number of nitrogens with zero attached hydrogens (tertiary/aromatic N) is 1. The molecule has 0 aliphatic carbocycles. The van der Waals surface area contributed by atoms with E-state index in [0.29, 0.717) is 13.0 Å². The standard InChI is InChI=1S/C12H23NO6/c14-7-8-11(18)12(19)9(15)6-13(8)5-3-1-2-4-10(16)17/h8-9,11-12,14-15,18-19H,1-7H2,(H,16,17)/t8?,9-,11+,12?/m0/s1. The molecule has 1 saturated heterocycles. The fraction of sp³-hybridized carbons (Fsp3) is 0.917. The molecule has 1 fully saturated rings. The number of carbonyl (C=O) groups is 1. The van der Waals surface area contributed by atoms with E-state index >= 15 is 0 Å². The van der Waals surface area contributed by atoms with Crippen molar-refractivity contribution in [3.63, 3.8) is 0 Å². The van der Waals surface area contributed by atoms with E-state index in [9.17, 15) is 25.2 Å². The molecule has 5 N–H and O–H groups in total. The Bertz CT molecular complexity index is 287. The summed E-state index contributed by atoms with van der Waals surface area (Å²) in [5.41, 5.74) is 0. The summed E-state index contributed by atoms with van der Waals surface area (Å²) in [7, 11) is 0. The van der Waals surface area contributed by atoms with Crippen molar-refractivity contribution in [2.75, 3.05) is 19.7 Å². The van der Waals surface area contributed by atoms with Crippen LogP contribution in [0.3, 0.4) is 0 Å². The van der Waals surface area contributed by atoms with Crippen LogP contribution in [-0.2, 0) is 4.79 Å². The highest BCUT2D eigenvalue weighted by Crippen LogP contribution is 2.19. The maximum Gasteiger partial charge on any atom is 0.303 e. The predicted octanol–water partition coefficient (Wildman–Crippen LogP) is -1.61. The Morgan fingerprint density at radius 2 is 1.79 bits per heavy atom. The van der Waals surface area contributed by atoms with Crippen molar-refractivity contribution in [3.8, 4) is 0 Å². The summed E-state index contributed by atoms with van der Waals surface area (Å²) in [6.45, 7) is 0.453. The second kappa shape index (κ2) is 7.76. The number of β-amino-alcohol motifs (C(OH)–C–C–N with tert-alkyl or cyclic N) is 1. The van der Waals surface area contributed by atoms with Gasteiger partial charge in [0, 0.05) is 13.0 Å². The van der Waals surface area contributed by atoms with Crippen molar-refractivity contribution in [1.29, 1.82) is 0 Å². The Balaban J connectivity index is 2.36. The Morgan fingerprint density at radius 3 is 2.37 bits per heavy atom. The van der Waals surface area contributed by atoms with Crippen LogP contribution in [0, 0.1) is 0 Å². The molecule has 19 heavy (non-hydrogen) atoms. The first-order chi connectivity index (χ1) is 8.97. The number of aliphatic carboxylic acids is 1. The summed E-state index contributed by atoms with van der Waals surface area (Å²) in [5, 5.41) is 46.6. The number of hydrogen-bond acceptors (Lipinski definition) is 6. The van der Waals surface area contributed by atoms with Crippen LogP contribution in [0.1, 0.15) is 25.7 Å². The van der Waals surface area contributed by atoms with E-state index in [2.05, 4.69) is 0 Å². The molecule has 7 heteroatoms.